The third-order valence-electron chi connectivity index (χ3n) is 4.12. The Bertz CT molecular complexity index is 443. The zero-order valence-electron chi connectivity index (χ0n) is 12.5. The summed E-state index contributed by atoms with van der Waals surface area (Å²) in [5.74, 6) is 0. The molecule has 1 fully saturated rings. The molecule has 2 rings (SSSR count). The maximum Gasteiger partial charge on any atom is 0.0863 e. The zero-order valence-corrected chi connectivity index (χ0v) is 13.2. The number of likely N-dealkylation sites (tertiary alicyclic amines) is 1. The maximum atomic E-state index is 6.42. The molecule has 0 spiro atoms. The van der Waals surface area contributed by atoms with Crippen LogP contribution in [-0.4, -0.2) is 41.4 Å². The van der Waals surface area contributed by atoms with Crippen LogP contribution in [0.15, 0.2) is 0 Å². The van der Waals surface area contributed by atoms with Crippen molar-refractivity contribution in [3.63, 3.8) is 0 Å². The first-order valence-electron chi connectivity index (χ1n) is 7.06. The van der Waals surface area contributed by atoms with Crippen molar-refractivity contribution >= 4 is 11.6 Å². The Labute approximate surface area is 121 Å². The molecule has 1 aromatic heterocycles. The minimum atomic E-state index is 0.382. The highest BCUT2D eigenvalue weighted by Gasteiger charge is 2.33. The number of aromatic nitrogens is 2. The van der Waals surface area contributed by atoms with Crippen LogP contribution in [-0.2, 0) is 20.0 Å². The van der Waals surface area contributed by atoms with Crippen LogP contribution < -0.4 is 5.32 Å². The summed E-state index contributed by atoms with van der Waals surface area (Å²) in [5, 5.41) is 8.64. The first kappa shape index (κ1) is 14.8. The van der Waals surface area contributed by atoms with E-state index in [1.165, 1.54) is 6.42 Å². The molecule has 108 valence electrons. The average molecular weight is 285 g/mol. The Kier molecular flexibility index (Phi) is 4.54. The molecule has 1 aromatic rings. The molecule has 0 bridgehead atoms. The van der Waals surface area contributed by atoms with Crippen molar-refractivity contribution in [3.05, 3.63) is 16.4 Å². The molecule has 2 heterocycles. The van der Waals surface area contributed by atoms with Crippen molar-refractivity contribution in [2.24, 2.45) is 12.5 Å². The van der Waals surface area contributed by atoms with Gasteiger partial charge >= 0.3 is 0 Å². The van der Waals surface area contributed by atoms with E-state index < -0.39 is 0 Å². The molecule has 19 heavy (non-hydrogen) atoms. The molecule has 1 unspecified atom stereocenters. The third kappa shape index (κ3) is 3.12. The van der Waals surface area contributed by atoms with Gasteiger partial charge in [-0.05, 0) is 31.8 Å². The monoisotopic (exact) mass is 284 g/mol. The second-order valence-electron chi connectivity index (χ2n) is 5.99. The largest absolute Gasteiger partial charge is 0.319 e. The fraction of sp³-hybridized carbons (Fsp3) is 0.786. The summed E-state index contributed by atoms with van der Waals surface area (Å²) < 4.78 is 1.94. The van der Waals surface area contributed by atoms with Crippen molar-refractivity contribution in [3.8, 4) is 0 Å². The van der Waals surface area contributed by atoms with E-state index in [1.54, 1.807) is 0 Å². The highest BCUT2D eigenvalue weighted by molar-refractivity contribution is 6.31. The normalized spacial score (nSPS) is 24.3. The number of aryl methyl sites for hydroxylation is 2. The summed E-state index contributed by atoms with van der Waals surface area (Å²) in [6.45, 7) is 8.69. The van der Waals surface area contributed by atoms with Crippen LogP contribution in [0.3, 0.4) is 0 Å². The highest BCUT2D eigenvalue weighted by atomic mass is 35.5. The summed E-state index contributed by atoms with van der Waals surface area (Å²) in [6.07, 6.45) is 2.13. The van der Waals surface area contributed by atoms with Crippen LogP contribution >= 0.6 is 11.6 Å². The first-order valence-corrected chi connectivity index (χ1v) is 7.44. The van der Waals surface area contributed by atoms with E-state index in [0.717, 1.165) is 49.0 Å². The maximum absolute atomic E-state index is 6.42. The molecule has 1 atom stereocenters. The second-order valence-corrected chi connectivity index (χ2v) is 6.36. The number of nitrogens with zero attached hydrogens (tertiary/aromatic N) is 3. The van der Waals surface area contributed by atoms with Gasteiger partial charge in [0.1, 0.15) is 0 Å². The molecule has 0 aliphatic carbocycles. The molecule has 1 aliphatic rings. The van der Waals surface area contributed by atoms with Gasteiger partial charge in [0.15, 0.2) is 0 Å². The van der Waals surface area contributed by atoms with Crippen LogP contribution in [0.5, 0.6) is 0 Å². The highest BCUT2D eigenvalue weighted by Crippen LogP contribution is 2.31. The van der Waals surface area contributed by atoms with Crippen LogP contribution in [0.4, 0.5) is 0 Å². The Morgan fingerprint density at radius 2 is 2.21 bits per heavy atom. The van der Waals surface area contributed by atoms with Gasteiger partial charge in [-0.2, -0.15) is 5.10 Å². The van der Waals surface area contributed by atoms with Crippen molar-refractivity contribution in [1.29, 1.82) is 0 Å². The first-order chi connectivity index (χ1) is 8.99. The van der Waals surface area contributed by atoms with Crippen molar-refractivity contribution in [2.75, 3.05) is 26.7 Å². The summed E-state index contributed by atoms with van der Waals surface area (Å²) in [4.78, 5) is 2.49. The van der Waals surface area contributed by atoms with E-state index in [1.807, 2.05) is 18.8 Å². The Balaban J connectivity index is 2.05. The summed E-state index contributed by atoms with van der Waals surface area (Å²) in [7, 11) is 4.02. The van der Waals surface area contributed by atoms with E-state index in [4.69, 9.17) is 11.6 Å². The van der Waals surface area contributed by atoms with E-state index >= 15 is 0 Å². The van der Waals surface area contributed by atoms with Crippen molar-refractivity contribution in [1.82, 2.24) is 20.0 Å². The van der Waals surface area contributed by atoms with E-state index in [2.05, 4.69) is 29.2 Å². The van der Waals surface area contributed by atoms with Gasteiger partial charge in [0, 0.05) is 26.7 Å². The smallest absolute Gasteiger partial charge is 0.0863 e. The lowest BCUT2D eigenvalue weighted by atomic mass is 9.90. The number of hydrogen-bond donors (Lipinski definition) is 1. The predicted molar refractivity (Wildman–Crippen MR) is 79.5 cm³/mol. The fourth-order valence-electron chi connectivity index (χ4n) is 3.04. The van der Waals surface area contributed by atoms with Gasteiger partial charge in [-0.3, -0.25) is 9.58 Å². The number of nitrogens with one attached hydrogen (secondary N) is 1. The number of rotatable bonds is 5. The topological polar surface area (TPSA) is 33.1 Å². The Hall–Kier alpha value is -0.580. The summed E-state index contributed by atoms with van der Waals surface area (Å²) >= 11 is 6.42. The average Bonchev–Trinajstić information content (AvgIpc) is 2.85. The molecule has 1 N–H and O–H groups in total. The second kappa shape index (κ2) is 5.81. The lowest BCUT2D eigenvalue weighted by Gasteiger charge is -2.24. The molecule has 0 amide bonds. The van der Waals surface area contributed by atoms with Crippen LogP contribution in [0.2, 0.25) is 5.02 Å². The quantitative estimate of drug-likeness (QED) is 0.899. The third-order valence-corrected chi connectivity index (χ3v) is 4.55. The molecule has 4 nitrogen and oxygen atoms in total. The summed E-state index contributed by atoms with van der Waals surface area (Å²) in [5.41, 5.74) is 2.54. The van der Waals surface area contributed by atoms with Gasteiger partial charge in [0.25, 0.3) is 0 Å². The number of hydrogen-bond acceptors (Lipinski definition) is 3. The lowest BCUT2D eigenvalue weighted by Crippen LogP contribution is -2.33. The minimum absolute atomic E-state index is 0.382. The fourth-order valence-corrected chi connectivity index (χ4v) is 3.39. The zero-order chi connectivity index (χ0) is 14.0. The van der Waals surface area contributed by atoms with Gasteiger partial charge < -0.3 is 5.32 Å². The standard InChI is InChI=1S/C14H25ClN4/c1-5-11-13(15)12(18(4)17-11)8-19-7-6-14(2,10-19)9-16-3/h16H,5-10H2,1-4H3. The van der Waals surface area contributed by atoms with Gasteiger partial charge in [0.2, 0.25) is 0 Å². The molecule has 5 heteroatoms. The lowest BCUT2D eigenvalue weighted by molar-refractivity contribution is 0.260. The van der Waals surface area contributed by atoms with Crippen LogP contribution in [0.1, 0.15) is 31.7 Å². The molecule has 0 radical (unpaired) electrons. The minimum Gasteiger partial charge on any atom is -0.319 e. The van der Waals surface area contributed by atoms with Gasteiger partial charge in [-0.15, -0.1) is 0 Å². The van der Waals surface area contributed by atoms with Crippen molar-refractivity contribution < 1.29 is 0 Å². The molecule has 0 aromatic carbocycles. The van der Waals surface area contributed by atoms with Gasteiger partial charge in [-0.25, -0.2) is 0 Å². The number of halogens is 1. The Morgan fingerprint density at radius 1 is 1.47 bits per heavy atom. The Morgan fingerprint density at radius 3 is 2.79 bits per heavy atom. The van der Waals surface area contributed by atoms with E-state index in [0.29, 0.717) is 5.41 Å². The molecule has 1 saturated heterocycles. The van der Waals surface area contributed by atoms with Crippen molar-refractivity contribution in [2.45, 2.75) is 33.2 Å². The van der Waals surface area contributed by atoms with Gasteiger partial charge in [-0.1, -0.05) is 25.4 Å². The molecular weight excluding hydrogens is 260 g/mol. The molecular formula is C14H25ClN4. The SMILES string of the molecule is CCc1nn(C)c(CN2CCC(C)(CNC)C2)c1Cl. The van der Waals surface area contributed by atoms with Gasteiger partial charge in [0.05, 0.1) is 16.4 Å². The molecule has 0 saturated carbocycles. The van der Waals surface area contributed by atoms with Crippen LogP contribution in [0, 0.1) is 5.41 Å². The van der Waals surface area contributed by atoms with E-state index in [9.17, 15) is 0 Å². The summed E-state index contributed by atoms with van der Waals surface area (Å²) in [6, 6.07) is 0. The van der Waals surface area contributed by atoms with E-state index in [-0.39, 0.29) is 0 Å². The predicted octanol–water partition coefficient (Wildman–Crippen LogP) is 2.07. The van der Waals surface area contributed by atoms with Crippen LogP contribution in [0.25, 0.3) is 0 Å². The molecule has 1 aliphatic heterocycles.